The van der Waals surface area contributed by atoms with Crippen LogP contribution in [0.15, 0.2) is 0 Å². The van der Waals surface area contributed by atoms with E-state index in [0.717, 1.165) is 19.1 Å². The Kier molecular flexibility index (Phi) is 3.80. The van der Waals surface area contributed by atoms with Gasteiger partial charge in [0.1, 0.15) is 0 Å². The third-order valence-corrected chi connectivity index (χ3v) is 5.62. The van der Waals surface area contributed by atoms with Gasteiger partial charge in [-0.2, -0.15) is 0 Å². The van der Waals surface area contributed by atoms with Gasteiger partial charge in [0.15, 0.2) is 5.13 Å². The Labute approximate surface area is 126 Å². The van der Waals surface area contributed by atoms with Gasteiger partial charge in [-0.1, -0.05) is 13.8 Å². The van der Waals surface area contributed by atoms with Crippen molar-refractivity contribution in [3.05, 3.63) is 10.6 Å². The maximum absolute atomic E-state index is 4.99. The Morgan fingerprint density at radius 3 is 2.70 bits per heavy atom. The minimum absolute atomic E-state index is 0.271. The average molecular weight is 293 g/mol. The Morgan fingerprint density at radius 2 is 2.15 bits per heavy atom. The third-order valence-electron chi connectivity index (χ3n) is 4.52. The van der Waals surface area contributed by atoms with Crippen molar-refractivity contribution in [1.82, 2.24) is 10.3 Å². The summed E-state index contributed by atoms with van der Waals surface area (Å²) in [4.78, 5) is 8.96. The first kappa shape index (κ1) is 14.3. The molecule has 2 heterocycles. The molecule has 3 rings (SSSR count). The van der Waals surface area contributed by atoms with E-state index in [1.807, 2.05) is 11.3 Å². The number of rotatable bonds is 5. The van der Waals surface area contributed by atoms with Crippen molar-refractivity contribution < 1.29 is 0 Å². The predicted octanol–water partition coefficient (Wildman–Crippen LogP) is 3.90. The molecule has 4 heteroatoms. The molecule has 3 nitrogen and oxygen atoms in total. The first-order valence-electron chi connectivity index (χ1n) is 7.98. The minimum Gasteiger partial charge on any atom is -0.343 e. The van der Waals surface area contributed by atoms with E-state index in [-0.39, 0.29) is 5.54 Å². The topological polar surface area (TPSA) is 28.2 Å². The summed E-state index contributed by atoms with van der Waals surface area (Å²) in [6.45, 7) is 11.4. The predicted molar refractivity (Wildman–Crippen MR) is 86.7 cm³/mol. The zero-order valence-electron chi connectivity index (χ0n) is 13.2. The largest absolute Gasteiger partial charge is 0.343 e. The first-order valence-corrected chi connectivity index (χ1v) is 8.79. The van der Waals surface area contributed by atoms with Gasteiger partial charge in [0.05, 0.1) is 5.69 Å². The number of aromatic nitrogens is 1. The summed E-state index contributed by atoms with van der Waals surface area (Å²) in [6, 6.07) is 0.767. The Bertz CT molecular complexity index is 474. The summed E-state index contributed by atoms with van der Waals surface area (Å²) in [5.41, 5.74) is 1.58. The molecule has 0 amide bonds. The van der Waals surface area contributed by atoms with E-state index in [1.54, 1.807) is 0 Å². The number of hydrogen-bond acceptors (Lipinski definition) is 4. The summed E-state index contributed by atoms with van der Waals surface area (Å²) in [5, 5.41) is 4.88. The van der Waals surface area contributed by atoms with Gasteiger partial charge >= 0.3 is 0 Å². The summed E-state index contributed by atoms with van der Waals surface area (Å²) < 4.78 is 0. The summed E-state index contributed by atoms with van der Waals surface area (Å²) in [5.74, 6) is 0.515. The zero-order chi connectivity index (χ0) is 14.3. The van der Waals surface area contributed by atoms with Crippen LogP contribution in [0.3, 0.4) is 0 Å². The number of thiazole rings is 1. The van der Waals surface area contributed by atoms with Crippen molar-refractivity contribution in [2.45, 2.75) is 77.4 Å². The monoisotopic (exact) mass is 293 g/mol. The van der Waals surface area contributed by atoms with Crippen LogP contribution in [0.2, 0.25) is 0 Å². The lowest BCUT2D eigenvalue weighted by atomic mass is 10.0. The van der Waals surface area contributed by atoms with Crippen LogP contribution in [0.4, 0.5) is 5.13 Å². The molecule has 1 saturated carbocycles. The normalized spacial score (nSPS) is 21.9. The van der Waals surface area contributed by atoms with E-state index in [9.17, 15) is 0 Å². The molecule has 2 aliphatic rings. The Morgan fingerprint density at radius 1 is 1.40 bits per heavy atom. The van der Waals surface area contributed by atoms with Gasteiger partial charge in [-0.25, -0.2) is 4.98 Å². The number of hydrogen-bond donors (Lipinski definition) is 1. The third kappa shape index (κ3) is 2.86. The fourth-order valence-electron chi connectivity index (χ4n) is 3.03. The maximum atomic E-state index is 4.99. The number of nitrogens with zero attached hydrogens (tertiary/aromatic N) is 2. The average Bonchev–Trinajstić information content (AvgIpc) is 2.99. The SMILES string of the molecule is CC(C)c1nc(N2CCCC2(C)C)sc1CNC1CC1. The fourth-order valence-corrected chi connectivity index (χ4v) is 4.38. The van der Waals surface area contributed by atoms with Gasteiger partial charge < -0.3 is 10.2 Å². The molecular formula is C16H27N3S. The highest BCUT2D eigenvalue weighted by molar-refractivity contribution is 7.15. The van der Waals surface area contributed by atoms with Crippen molar-refractivity contribution in [3.8, 4) is 0 Å². The summed E-state index contributed by atoms with van der Waals surface area (Å²) in [6.07, 6.45) is 5.27. The van der Waals surface area contributed by atoms with Crippen LogP contribution in [0.1, 0.15) is 69.9 Å². The summed E-state index contributed by atoms with van der Waals surface area (Å²) >= 11 is 1.91. The van der Waals surface area contributed by atoms with Crippen molar-refractivity contribution in [3.63, 3.8) is 0 Å². The maximum Gasteiger partial charge on any atom is 0.186 e. The molecule has 1 N–H and O–H groups in total. The highest BCUT2D eigenvalue weighted by Gasteiger charge is 2.34. The Balaban J connectivity index is 1.82. The standard InChI is InChI=1S/C16H27N3S/c1-11(2)14-13(10-17-12-6-7-12)20-15(18-14)19-9-5-8-16(19,3)4/h11-12,17H,5-10H2,1-4H3. The zero-order valence-corrected chi connectivity index (χ0v) is 14.0. The van der Waals surface area contributed by atoms with Gasteiger partial charge in [0, 0.05) is 29.5 Å². The van der Waals surface area contributed by atoms with Crippen LogP contribution in [0.5, 0.6) is 0 Å². The lowest BCUT2D eigenvalue weighted by Crippen LogP contribution is -2.38. The van der Waals surface area contributed by atoms with Crippen molar-refractivity contribution in [1.29, 1.82) is 0 Å². The minimum atomic E-state index is 0.271. The van der Waals surface area contributed by atoms with Gasteiger partial charge in [-0.3, -0.25) is 0 Å². The molecule has 20 heavy (non-hydrogen) atoms. The molecular weight excluding hydrogens is 266 g/mol. The van der Waals surface area contributed by atoms with Crippen LogP contribution >= 0.6 is 11.3 Å². The molecule has 112 valence electrons. The number of nitrogens with one attached hydrogen (secondary N) is 1. The lowest BCUT2D eigenvalue weighted by molar-refractivity contribution is 0.516. The van der Waals surface area contributed by atoms with Crippen LogP contribution in [0, 0.1) is 0 Å². The van der Waals surface area contributed by atoms with Gasteiger partial charge in [0.2, 0.25) is 0 Å². The van der Waals surface area contributed by atoms with E-state index in [2.05, 4.69) is 37.9 Å². The van der Waals surface area contributed by atoms with E-state index < -0.39 is 0 Å². The molecule has 1 aromatic heterocycles. The Hall–Kier alpha value is -0.610. The van der Waals surface area contributed by atoms with E-state index in [0.29, 0.717) is 5.92 Å². The quantitative estimate of drug-likeness (QED) is 0.892. The van der Waals surface area contributed by atoms with Crippen LogP contribution in [-0.2, 0) is 6.54 Å². The van der Waals surface area contributed by atoms with Crippen molar-refractivity contribution in [2.75, 3.05) is 11.4 Å². The van der Waals surface area contributed by atoms with Crippen LogP contribution in [0.25, 0.3) is 0 Å². The molecule has 0 aromatic carbocycles. The second kappa shape index (κ2) is 5.30. The molecule has 0 atom stereocenters. The highest BCUT2D eigenvalue weighted by Crippen LogP contribution is 2.38. The van der Waals surface area contributed by atoms with E-state index >= 15 is 0 Å². The second-order valence-electron chi connectivity index (χ2n) is 7.18. The van der Waals surface area contributed by atoms with Gasteiger partial charge in [-0.15, -0.1) is 11.3 Å². The van der Waals surface area contributed by atoms with Crippen molar-refractivity contribution in [2.24, 2.45) is 0 Å². The number of anilines is 1. The molecule has 0 bridgehead atoms. The molecule has 0 unspecified atom stereocenters. The highest BCUT2D eigenvalue weighted by atomic mass is 32.1. The lowest BCUT2D eigenvalue weighted by Gasteiger charge is -2.31. The first-order chi connectivity index (χ1) is 9.47. The molecule has 1 aliphatic carbocycles. The van der Waals surface area contributed by atoms with Crippen LogP contribution in [-0.4, -0.2) is 23.1 Å². The van der Waals surface area contributed by atoms with Gasteiger partial charge in [-0.05, 0) is 45.4 Å². The van der Waals surface area contributed by atoms with Gasteiger partial charge in [0.25, 0.3) is 0 Å². The summed E-state index contributed by atoms with van der Waals surface area (Å²) in [7, 11) is 0. The van der Waals surface area contributed by atoms with Crippen LogP contribution < -0.4 is 10.2 Å². The van der Waals surface area contributed by atoms with E-state index in [4.69, 9.17) is 4.98 Å². The second-order valence-corrected chi connectivity index (χ2v) is 8.24. The van der Waals surface area contributed by atoms with Crippen molar-refractivity contribution >= 4 is 16.5 Å². The molecule has 2 fully saturated rings. The van der Waals surface area contributed by atoms with E-state index in [1.165, 1.54) is 41.4 Å². The molecule has 1 saturated heterocycles. The molecule has 1 aliphatic heterocycles. The fraction of sp³-hybridized carbons (Fsp3) is 0.812. The molecule has 0 radical (unpaired) electrons. The molecule has 1 aromatic rings. The smallest absolute Gasteiger partial charge is 0.186 e. The molecule has 0 spiro atoms.